The van der Waals surface area contributed by atoms with Gasteiger partial charge in [0.25, 0.3) is 0 Å². The summed E-state index contributed by atoms with van der Waals surface area (Å²) in [5.74, 6) is -0.164. The van der Waals surface area contributed by atoms with Gasteiger partial charge in [-0.1, -0.05) is 12.1 Å². The van der Waals surface area contributed by atoms with Gasteiger partial charge in [-0.05, 0) is 45.0 Å². The number of hydrogen-bond acceptors (Lipinski definition) is 3. The van der Waals surface area contributed by atoms with Crippen molar-refractivity contribution in [3.63, 3.8) is 0 Å². The molecule has 1 aliphatic heterocycles. The first kappa shape index (κ1) is 16.4. The van der Waals surface area contributed by atoms with E-state index >= 15 is 0 Å². The van der Waals surface area contributed by atoms with Gasteiger partial charge in [-0.2, -0.15) is 0 Å². The van der Waals surface area contributed by atoms with Gasteiger partial charge in [0.2, 0.25) is 0 Å². The molecular weight excluding hydrogens is 265 g/mol. The largest absolute Gasteiger partial charge is 0.310 e. The lowest BCUT2D eigenvalue weighted by atomic mass is 10.1. The zero-order valence-electron chi connectivity index (χ0n) is 13.5. The van der Waals surface area contributed by atoms with Crippen molar-refractivity contribution in [1.29, 1.82) is 0 Å². The van der Waals surface area contributed by atoms with E-state index in [1.807, 2.05) is 12.1 Å². The van der Waals surface area contributed by atoms with Crippen LogP contribution in [0.1, 0.15) is 19.4 Å². The van der Waals surface area contributed by atoms with Gasteiger partial charge >= 0.3 is 0 Å². The van der Waals surface area contributed by atoms with Crippen molar-refractivity contribution in [2.24, 2.45) is 0 Å². The maximum Gasteiger partial charge on any atom is 0.123 e. The highest BCUT2D eigenvalue weighted by Crippen LogP contribution is 2.07. The van der Waals surface area contributed by atoms with Crippen molar-refractivity contribution >= 4 is 0 Å². The van der Waals surface area contributed by atoms with Crippen molar-refractivity contribution in [3.8, 4) is 0 Å². The lowest BCUT2D eigenvalue weighted by molar-refractivity contribution is 0.142. The number of likely N-dealkylation sites (N-methyl/N-ethyl adjacent to an activating group) is 1. The minimum absolute atomic E-state index is 0.164. The van der Waals surface area contributed by atoms with Crippen LogP contribution in [0.3, 0.4) is 0 Å². The molecule has 1 N–H and O–H groups in total. The molecule has 2 rings (SSSR count). The Bertz CT molecular complexity index is 413. The predicted octanol–water partition coefficient (Wildman–Crippen LogP) is 1.98. The average Bonchev–Trinajstić information content (AvgIpc) is 2.44. The summed E-state index contributed by atoms with van der Waals surface area (Å²) in [5.41, 5.74) is 1.18. The van der Waals surface area contributed by atoms with Gasteiger partial charge in [-0.25, -0.2) is 4.39 Å². The molecule has 1 aliphatic rings. The molecule has 0 bridgehead atoms. The van der Waals surface area contributed by atoms with Crippen LogP contribution < -0.4 is 5.32 Å². The summed E-state index contributed by atoms with van der Waals surface area (Å²) in [4.78, 5) is 4.91. The predicted molar refractivity (Wildman–Crippen MR) is 86.1 cm³/mol. The van der Waals surface area contributed by atoms with Crippen LogP contribution in [0.25, 0.3) is 0 Å². The summed E-state index contributed by atoms with van der Waals surface area (Å²) in [6.45, 7) is 10.2. The van der Waals surface area contributed by atoms with Crippen molar-refractivity contribution in [1.82, 2.24) is 15.1 Å². The van der Waals surface area contributed by atoms with Crippen LogP contribution in [-0.4, -0.2) is 61.7 Å². The Morgan fingerprint density at radius 1 is 1.05 bits per heavy atom. The van der Waals surface area contributed by atoms with E-state index in [9.17, 15) is 4.39 Å². The van der Waals surface area contributed by atoms with Gasteiger partial charge in [-0.3, -0.25) is 4.90 Å². The Morgan fingerprint density at radius 3 is 2.29 bits per heavy atom. The minimum atomic E-state index is -0.164. The van der Waals surface area contributed by atoms with Crippen LogP contribution >= 0.6 is 0 Å². The normalized spacial score (nSPS) is 20.4. The fraction of sp³-hybridized carbons (Fsp3) is 0.647. The highest BCUT2D eigenvalue weighted by molar-refractivity contribution is 5.17. The molecule has 0 aliphatic carbocycles. The quantitative estimate of drug-likeness (QED) is 0.865. The van der Waals surface area contributed by atoms with Gasteiger partial charge in [-0.15, -0.1) is 0 Å². The second kappa shape index (κ2) is 7.87. The number of hydrogen-bond donors (Lipinski definition) is 1. The standard InChI is InChI=1S/C17H28FN3/c1-14(12-16-4-6-17(18)7-5-16)19-15(2)13-21-10-8-20(3)9-11-21/h4-7,14-15,19H,8-13H2,1-3H3/t14-,15-/m0/s1. The zero-order chi connectivity index (χ0) is 15.2. The molecule has 1 saturated heterocycles. The first-order valence-electron chi connectivity index (χ1n) is 7.94. The zero-order valence-corrected chi connectivity index (χ0v) is 13.5. The smallest absolute Gasteiger partial charge is 0.123 e. The second-order valence-corrected chi connectivity index (χ2v) is 6.40. The summed E-state index contributed by atoms with van der Waals surface area (Å²) in [6, 6.07) is 7.70. The minimum Gasteiger partial charge on any atom is -0.310 e. The fourth-order valence-electron chi connectivity index (χ4n) is 2.99. The molecule has 0 unspecified atom stereocenters. The van der Waals surface area contributed by atoms with E-state index < -0.39 is 0 Å². The number of nitrogens with zero attached hydrogens (tertiary/aromatic N) is 2. The Hall–Kier alpha value is -0.970. The lowest BCUT2D eigenvalue weighted by Gasteiger charge is -2.34. The van der Waals surface area contributed by atoms with E-state index in [1.165, 1.54) is 17.7 Å². The highest BCUT2D eigenvalue weighted by atomic mass is 19.1. The van der Waals surface area contributed by atoms with Crippen LogP contribution in [0.15, 0.2) is 24.3 Å². The number of halogens is 1. The monoisotopic (exact) mass is 293 g/mol. The van der Waals surface area contributed by atoms with E-state index in [1.54, 1.807) is 0 Å². The van der Waals surface area contributed by atoms with Crippen molar-refractivity contribution in [2.45, 2.75) is 32.4 Å². The number of piperazine rings is 1. The number of nitrogens with one attached hydrogen (secondary N) is 1. The Balaban J connectivity index is 1.71. The first-order chi connectivity index (χ1) is 10.0. The summed E-state index contributed by atoms with van der Waals surface area (Å²) in [5, 5.41) is 3.65. The average molecular weight is 293 g/mol. The van der Waals surface area contributed by atoms with E-state index in [4.69, 9.17) is 0 Å². The van der Waals surface area contributed by atoms with E-state index in [0.29, 0.717) is 12.1 Å². The van der Waals surface area contributed by atoms with Crippen LogP contribution in [0.2, 0.25) is 0 Å². The lowest BCUT2D eigenvalue weighted by Crippen LogP contribution is -2.50. The topological polar surface area (TPSA) is 18.5 Å². The van der Waals surface area contributed by atoms with E-state index in [0.717, 1.165) is 39.1 Å². The summed E-state index contributed by atoms with van der Waals surface area (Å²) < 4.78 is 12.9. The van der Waals surface area contributed by atoms with Gasteiger partial charge < -0.3 is 10.2 Å². The van der Waals surface area contributed by atoms with Gasteiger partial charge in [0.15, 0.2) is 0 Å². The molecule has 1 heterocycles. The Kier molecular flexibility index (Phi) is 6.15. The van der Waals surface area contributed by atoms with Crippen LogP contribution in [0.5, 0.6) is 0 Å². The second-order valence-electron chi connectivity index (χ2n) is 6.40. The molecule has 0 aromatic heterocycles. The SMILES string of the molecule is C[C@@H](Cc1ccc(F)cc1)N[C@@H](C)CN1CCN(C)CC1. The van der Waals surface area contributed by atoms with Crippen LogP contribution in [0.4, 0.5) is 4.39 Å². The highest BCUT2D eigenvalue weighted by Gasteiger charge is 2.17. The molecule has 0 saturated carbocycles. The molecule has 0 amide bonds. The Morgan fingerprint density at radius 2 is 1.67 bits per heavy atom. The van der Waals surface area contributed by atoms with E-state index in [-0.39, 0.29) is 5.82 Å². The van der Waals surface area contributed by atoms with E-state index in [2.05, 4.69) is 36.0 Å². The molecule has 0 radical (unpaired) electrons. The molecule has 21 heavy (non-hydrogen) atoms. The maximum absolute atomic E-state index is 12.9. The number of benzene rings is 1. The third kappa shape index (κ3) is 5.73. The fourth-order valence-corrected chi connectivity index (χ4v) is 2.99. The maximum atomic E-state index is 12.9. The summed E-state index contributed by atoms with van der Waals surface area (Å²) in [6.07, 6.45) is 0.938. The van der Waals surface area contributed by atoms with Crippen molar-refractivity contribution in [3.05, 3.63) is 35.6 Å². The van der Waals surface area contributed by atoms with Gasteiger partial charge in [0.1, 0.15) is 5.82 Å². The third-order valence-corrected chi connectivity index (χ3v) is 4.15. The first-order valence-corrected chi connectivity index (χ1v) is 7.94. The molecule has 2 atom stereocenters. The molecule has 4 heteroatoms. The molecule has 0 spiro atoms. The molecule has 118 valence electrons. The summed E-state index contributed by atoms with van der Waals surface area (Å²) >= 11 is 0. The molecule has 1 aromatic rings. The third-order valence-electron chi connectivity index (χ3n) is 4.15. The van der Waals surface area contributed by atoms with Gasteiger partial charge in [0.05, 0.1) is 0 Å². The summed E-state index contributed by atoms with van der Waals surface area (Å²) in [7, 11) is 2.18. The molecule has 3 nitrogen and oxygen atoms in total. The molecule has 1 aromatic carbocycles. The van der Waals surface area contributed by atoms with Crippen molar-refractivity contribution < 1.29 is 4.39 Å². The molecule has 1 fully saturated rings. The molecular formula is C17H28FN3. The van der Waals surface area contributed by atoms with Crippen LogP contribution in [0, 0.1) is 5.82 Å². The van der Waals surface area contributed by atoms with Crippen LogP contribution in [-0.2, 0) is 6.42 Å². The number of rotatable bonds is 6. The van der Waals surface area contributed by atoms with Crippen molar-refractivity contribution in [2.75, 3.05) is 39.8 Å². The Labute approximate surface area is 128 Å². The van der Waals surface area contributed by atoms with Gasteiger partial charge in [0, 0.05) is 44.8 Å².